The molecule has 2 aromatic rings. The van der Waals surface area contributed by atoms with Gasteiger partial charge in [-0.25, -0.2) is 0 Å². The molecular formula is C13H15N3O2. The zero-order valence-corrected chi connectivity index (χ0v) is 10.1. The molecule has 0 atom stereocenters. The number of aromatic amines is 1. The smallest absolute Gasteiger partial charge is 0.268 e. The first-order valence-electron chi connectivity index (χ1n) is 5.74. The van der Waals surface area contributed by atoms with Crippen molar-refractivity contribution < 1.29 is 10.0 Å². The third-order valence-corrected chi connectivity index (χ3v) is 2.83. The molecule has 0 saturated heterocycles. The highest BCUT2D eigenvalue weighted by Gasteiger charge is 2.06. The average Bonchev–Trinajstić information content (AvgIpc) is 2.81. The van der Waals surface area contributed by atoms with Crippen LogP contribution in [0.4, 0.5) is 0 Å². The summed E-state index contributed by atoms with van der Waals surface area (Å²) in [5, 5.41) is 15.2. The Morgan fingerprint density at radius 3 is 3.00 bits per heavy atom. The lowest BCUT2D eigenvalue weighted by Crippen LogP contribution is -2.31. The fraction of sp³-hybridized carbons (Fsp3) is 0.231. The third kappa shape index (κ3) is 2.51. The molecule has 1 heterocycles. The maximum absolute atomic E-state index is 11.4. The summed E-state index contributed by atoms with van der Waals surface area (Å²) < 4.78 is 0. The van der Waals surface area contributed by atoms with Crippen molar-refractivity contribution in [3.8, 4) is 0 Å². The summed E-state index contributed by atoms with van der Waals surface area (Å²) in [6.45, 7) is 1.97. The van der Waals surface area contributed by atoms with E-state index in [1.54, 1.807) is 0 Å². The van der Waals surface area contributed by atoms with Crippen molar-refractivity contribution in [1.82, 2.24) is 10.3 Å². The topological polar surface area (TPSA) is 77.5 Å². The fourth-order valence-electron chi connectivity index (χ4n) is 1.82. The molecule has 1 aromatic carbocycles. The highest BCUT2D eigenvalue weighted by atomic mass is 16.4. The van der Waals surface area contributed by atoms with E-state index in [9.17, 15) is 4.79 Å². The van der Waals surface area contributed by atoms with Gasteiger partial charge in [0.25, 0.3) is 5.91 Å². The number of fused-ring (bicyclic) bond motifs is 1. The summed E-state index contributed by atoms with van der Waals surface area (Å²) in [6, 6.07) is 8.02. The highest BCUT2D eigenvalue weighted by molar-refractivity contribution is 6.37. The van der Waals surface area contributed by atoms with Crippen LogP contribution in [0.5, 0.6) is 0 Å². The van der Waals surface area contributed by atoms with E-state index in [0.29, 0.717) is 6.54 Å². The number of carbonyl (C=O) groups excluding carboxylic acids is 1. The van der Waals surface area contributed by atoms with E-state index in [2.05, 4.69) is 15.5 Å². The minimum atomic E-state index is -0.350. The molecule has 0 aliphatic carbocycles. The minimum Gasteiger partial charge on any atom is -0.410 e. The molecule has 0 fully saturated rings. The number of nitrogens with one attached hydrogen (secondary N) is 2. The number of oxime groups is 1. The van der Waals surface area contributed by atoms with Crippen LogP contribution in [0.25, 0.3) is 10.9 Å². The van der Waals surface area contributed by atoms with Crippen LogP contribution in [0.15, 0.2) is 35.6 Å². The normalized spacial score (nSPS) is 11.7. The number of rotatable bonds is 4. The molecular weight excluding hydrogens is 230 g/mol. The van der Waals surface area contributed by atoms with Gasteiger partial charge in [-0.2, -0.15) is 0 Å². The molecule has 3 N–H and O–H groups in total. The summed E-state index contributed by atoms with van der Waals surface area (Å²) in [7, 11) is 0. The lowest BCUT2D eigenvalue weighted by molar-refractivity contribution is -0.114. The van der Waals surface area contributed by atoms with Gasteiger partial charge in [0.15, 0.2) is 0 Å². The minimum absolute atomic E-state index is 0.0638. The molecule has 1 amide bonds. The summed E-state index contributed by atoms with van der Waals surface area (Å²) in [5.74, 6) is -0.350. The summed E-state index contributed by atoms with van der Waals surface area (Å²) in [5.41, 5.74) is 2.31. The number of aromatic nitrogens is 1. The second kappa shape index (κ2) is 5.35. The Kier molecular flexibility index (Phi) is 3.62. The fourth-order valence-corrected chi connectivity index (χ4v) is 1.82. The van der Waals surface area contributed by atoms with E-state index >= 15 is 0 Å². The summed E-state index contributed by atoms with van der Waals surface area (Å²) in [4.78, 5) is 14.5. The van der Waals surface area contributed by atoms with Crippen LogP contribution in [0, 0.1) is 0 Å². The van der Waals surface area contributed by atoms with Crippen molar-refractivity contribution >= 4 is 22.5 Å². The van der Waals surface area contributed by atoms with Gasteiger partial charge in [-0.05, 0) is 25.0 Å². The Balaban J connectivity index is 1.97. The first-order valence-corrected chi connectivity index (χ1v) is 5.74. The van der Waals surface area contributed by atoms with Gasteiger partial charge in [-0.15, -0.1) is 0 Å². The van der Waals surface area contributed by atoms with Crippen molar-refractivity contribution in [2.24, 2.45) is 5.16 Å². The first kappa shape index (κ1) is 12.2. The summed E-state index contributed by atoms with van der Waals surface area (Å²) in [6.07, 6.45) is 2.68. The number of amides is 1. The molecule has 94 valence electrons. The van der Waals surface area contributed by atoms with Gasteiger partial charge >= 0.3 is 0 Å². The SMILES string of the molecule is C/C(=N/O)C(=O)NCCc1c[nH]c2ccccc12. The van der Waals surface area contributed by atoms with Gasteiger partial charge in [-0.3, -0.25) is 4.79 Å². The summed E-state index contributed by atoms with van der Waals surface area (Å²) >= 11 is 0. The number of nitrogens with zero attached hydrogens (tertiary/aromatic N) is 1. The quantitative estimate of drug-likeness (QED) is 0.435. The molecule has 0 aliphatic heterocycles. The second-order valence-corrected chi connectivity index (χ2v) is 4.05. The number of para-hydroxylation sites is 1. The van der Waals surface area contributed by atoms with E-state index in [0.717, 1.165) is 17.5 Å². The molecule has 0 unspecified atom stereocenters. The van der Waals surface area contributed by atoms with Crippen molar-refractivity contribution in [3.63, 3.8) is 0 Å². The first-order chi connectivity index (χ1) is 8.72. The number of hydrogen-bond donors (Lipinski definition) is 3. The zero-order valence-electron chi connectivity index (χ0n) is 10.1. The molecule has 0 bridgehead atoms. The lowest BCUT2D eigenvalue weighted by Gasteiger charge is -2.03. The Bertz CT molecular complexity index is 587. The lowest BCUT2D eigenvalue weighted by atomic mass is 10.1. The Hall–Kier alpha value is -2.30. The Morgan fingerprint density at radius 1 is 1.44 bits per heavy atom. The number of hydrogen-bond acceptors (Lipinski definition) is 3. The number of benzene rings is 1. The molecule has 0 aliphatic rings. The van der Waals surface area contributed by atoms with Gasteiger partial charge in [0.1, 0.15) is 5.71 Å². The van der Waals surface area contributed by atoms with Crippen LogP contribution in [0.2, 0.25) is 0 Å². The zero-order chi connectivity index (χ0) is 13.0. The van der Waals surface area contributed by atoms with E-state index < -0.39 is 0 Å². The standard InChI is InChI=1S/C13H15N3O2/c1-9(16-18)13(17)14-7-6-10-8-15-12-5-3-2-4-11(10)12/h2-5,8,15,18H,6-7H2,1H3,(H,14,17)/b16-9-. The maximum Gasteiger partial charge on any atom is 0.268 e. The van der Waals surface area contributed by atoms with Crippen LogP contribution < -0.4 is 5.32 Å². The number of H-pyrrole nitrogens is 1. The average molecular weight is 245 g/mol. The third-order valence-electron chi connectivity index (χ3n) is 2.83. The molecule has 5 heteroatoms. The molecule has 0 saturated carbocycles. The van der Waals surface area contributed by atoms with Crippen molar-refractivity contribution in [3.05, 3.63) is 36.0 Å². The Labute approximate surface area is 105 Å². The molecule has 18 heavy (non-hydrogen) atoms. The van der Waals surface area contributed by atoms with E-state index in [4.69, 9.17) is 5.21 Å². The monoisotopic (exact) mass is 245 g/mol. The second-order valence-electron chi connectivity index (χ2n) is 4.05. The molecule has 5 nitrogen and oxygen atoms in total. The van der Waals surface area contributed by atoms with Crippen LogP contribution in [0.3, 0.4) is 0 Å². The van der Waals surface area contributed by atoms with Gasteiger partial charge in [0.2, 0.25) is 0 Å². The maximum atomic E-state index is 11.4. The highest BCUT2D eigenvalue weighted by Crippen LogP contribution is 2.17. The predicted molar refractivity (Wildman–Crippen MR) is 69.9 cm³/mol. The van der Waals surface area contributed by atoms with Crippen LogP contribution >= 0.6 is 0 Å². The predicted octanol–water partition coefficient (Wildman–Crippen LogP) is 1.68. The van der Waals surface area contributed by atoms with Crippen LogP contribution in [-0.4, -0.2) is 28.4 Å². The van der Waals surface area contributed by atoms with E-state index in [1.807, 2.05) is 30.5 Å². The Morgan fingerprint density at radius 2 is 2.22 bits per heavy atom. The van der Waals surface area contributed by atoms with Crippen LogP contribution in [0.1, 0.15) is 12.5 Å². The molecule has 0 radical (unpaired) electrons. The number of carbonyl (C=O) groups is 1. The largest absolute Gasteiger partial charge is 0.410 e. The van der Waals surface area contributed by atoms with Gasteiger partial charge in [0.05, 0.1) is 0 Å². The molecule has 1 aromatic heterocycles. The van der Waals surface area contributed by atoms with E-state index in [1.165, 1.54) is 12.3 Å². The van der Waals surface area contributed by atoms with Crippen molar-refractivity contribution in [1.29, 1.82) is 0 Å². The van der Waals surface area contributed by atoms with Crippen LogP contribution in [-0.2, 0) is 11.2 Å². The van der Waals surface area contributed by atoms with Gasteiger partial charge in [0, 0.05) is 23.6 Å². The van der Waals surface area contributed by atoms with Gasteiger partial charge < -0.3 is 15.5 Å². The molecule has 0 spiro atoms. The van der Waals surface area contributed by atoms with Crippen molar-refractivity contribution in [2.75, 3.05) is 6.54 Å². The van der Waals surface area contributed by atoms with Crippen molar-refractivity contribution in [2.45, 2.75) is 13.3 Å². The van der Waals surface area contributed by atoms with E-state index in [-0.39, 0.29) is 11.6 Å². The van der Waals surface area contributed by atoms with Gasteiger partial charge in [-0.1, -0.05) is 23.4 Å². The molecule has 2 rings (SSSR count).